The minimum atomic E-state index is -0.316. The van der Waals surface area contributed by atoms with E-state index in [9.17, 15) is 9.59 Å². The van der Waals surface area contributed by atoms with Crippen LogP contribution in [0, 0.1) is 0 Å². The average Bonchev–Trinajstić information content (AvgIpc) is 2.78. The summed E-state index contributed by atoms with van der Waals surface area (Å²) in [6.07, 6.45) is 0.551. The fraction of sp³-hybridized carbons (Fsp3) is 0.176. The van der Waals surface area contributed by atoms with Crippen molar-refractivity contribution in [2.75, 3.05) is 6.54 Å². The van der Waals surface area contributed by atoms with Crippen molar-refractivity contribution in [3.63, 3.8) is 0 Å². The van der Waals surface area contributed by atoms with Crippen LogP contribution < -0.4 is 5.73 Å². The van der Waals surface area contributed by atoms with E-state index in [1.54, 1.807) is 24.3 Å². The molecule has 0 saturated carbocycles. The number of rotatable bonds is 4. The quantitative estimate of drug-likeness (QED) is 0.874. The summed E-state index contributed by atoms with van der Waals surface area (Å²) in [4.78, 5) is 26.5. The summed E-state index contributed by atoms with van der Waals surface area (Å²) in [5.41, 5.74) is 7.55. The molecule has 106 valence electrons. The molecule has 4 heteroatoms. The van der Waals surface area contributed by atoms with E-state index in [0.717, 1.165) is 5.56 Å². The lowest BCUT2D eigenvalue weighted by molar-refractivity contribution is 0.0576. The van der Waals surface area contributed by atoms with E-state index in [1.165, 1.54) is 4.90 Å². The Hall–Kier alpha value is -2.46. The molecule has 2 aromatic carbocycles. The molecule has 2 N–H and O–H groups in total. The third-order valence-corrected chi connectivity index (χ3v) is 3.76. The molecule has 1 aliphatic rings. The third-order valence-electron chi connectivity index (χ3n) is 3.76. The molecule has 0 fully saturated rings. The second kappa shape index (κ2) is 5.50. The van der Waals surface area contributed by atoms with E-state index in [-0.39, 0.29) is 17.9 Å². The Labute approximate surface area is 123 Å². The van der Waals surface area contributed by atoms with E-state index in [4.69, 9.17) is 5.73 Å². The predicted octanol–water partition coefficient (Wildman–Crippen LogP) is 2.37. The molecular weight excluding hydrogens is 264 g/mol. The van der Waals surface area contributed by atoms with Crippen molar-refractivity contribution in [3.05, 3.63) is 71.3 Å². The molecule has 2 aromatic rings. The minimum absolute atomic E-state index is 0.238. The number of hydrogen-bond donors (Lipinski definition) is 1. The Morgan fingerprint density at radius 1 is 0.857 bits per heavy atom. The largest absolute Gasteiger partial charge is 0.330 e. The zero-order chi connectivity index (χ0) is 14.8. The van der Waals surface area contributed by atoms with Gasteiger partial charge in [0.15, 0.2) is 0 Å². The van der Waals surface area contributed by atoms with E-state index in [0.29, 0.717) is 24.1 Å². The first-order valence-electron chi connectivity index (χ1n) is 6.96. The molecule has 1 unspecified atom stereocenters. The van der Waals surface area contributed by atoms with Crippen molar-refractivity contribution in [2.24, 2.45) is 5.73 Å². The number of carbonyl (C=O) groups excluding carboxylic acids is 2. The monoisotopic (exact) mass is 280 g/mol. The molecule has 0 aliphatic carbocycles. The van der Waals surface area contributed by atoms with Crippen LogP contribution in [0.1, 0.15) is 38.7 Å². The molecule has 1 heterocycles. The van der Waals surface area contributed by atoms with Gasteiger partial charge in [0.2, 0.25) is 0 Å². The van der Waals surface area contributed by atoms with E-state index in [1.807, 2.05) is 30.3 Å². The summed E-state index contributed by atoms with van der Waals surface area (Å²) in [7, 11) is 0. The van der Waals surface area contributed by atoms with Crippen molar-refractivity contribution in [1.82, 2.24) is 4.90 Å². The Kier molecular flexibility index (Phi) is 3.54. The molecule has 4 nitrogen and oxygen atoms in total. The van der Waals surface area contributed by atoms with Gasteiger partial charge in [0.25, 0.3) is 11.8 Å². The fourth-order valence-electron chi connectivity index (χ4n) is 2.77. The maximum absolute atomic E-state index is 12.6. The molecule has 0 radical (unpaired) electrons. The van der Waals surface area contributed by atoms with Gasteiger partial charge in [-0.15, -0.1) is 0 Å². The lowest BCUT2D eigenvalue weighted by Crippen LogP contribution is -2.35. The molecule has 1 aliphatic heterocycles. The molecule has 0 spiro atoms. The van der Waals surface area contributed by atoms with Gasteiger partial charge in [0.1, 0.15) is 0 Å². The summed E-state index contributed by atoms with van der Waals surface area (Å²) in [5, 5.41) is 0. The summed E-state index contributed by atoms with van der Waals surface area (Å²) >= 11 is 0. The van der Waals surface area contributed by atoms with Crippen LogP contribution in [0.3, 0.4) is 0 Å². The predicted molar refractivity (Wildman–Crippen MR) is 79.8 cm³/mol. The van der Waals surface area contributed by atoms with Crippen molar-refractivity contribution in [3.8, 4) is 0 Å². The van der Waals surface area contributed by atoms with Gasteiger partial charge < -0.3 is 5.73 Å². The number of benzene rings is 2. The Morgan fingerprint density at radius 2 is 1.38 bits per heavy atom. The van der Waals surface area contributed by atoms with Crippen LogP contribution in [0.25, 0.3) is 0 Å². The van der Waals surface area contributed by atoms with Crippen LogP contribution in [0.15, 0.2) is 54.6 Å². The first-order valence-corrected chi connectivity index (χ1v) is 6.96. The maximum atomic E-state index is 12.6. The first kappa shape index (κ1) is 13.5. The summed E-state index contributed by atoms with van der Waals surface area (Å²) in [6, 6.07) is 16.2. The minimum Gasteiger partial charge on any atom is -0.330 e. The Morgan fingerprint density at radius 3 is 1.90 bits per heavy atom. The van der Waals surface area contributed by atoms with Crippen molar-refractivity contribution >= 4 is 11.8 Å². The standard InChI is InChI=1S/C17H16N2O2/c18-11-10-15(12-6-2-1-3-7-12)19-16(20)13-8-4-5-9-14(13)17(19)21/h1-9,15H,10-11,18H2. The Balaban J connectivity index is 2.02. The highest BCUT2D eigenvalue weighted by Gasteiger charge is 2.39. The SMILES string of the molecule is NCCC(c1ccccc1)N1C(=O)c2ccccc2C1=O. The van der Waals surface area contributed by atoms with Gasteiger partial charge >= 0.3 is 0 Å². The lowest BCUT2D eigenvalue weighted by atomic mass is 10.0. The van der Waals surface area contributed by atoms with Gasteiger partial charge in [-0.1, -0.05) is 42.5 Å². The second-order valence-corrected chi connectivity index (χ2v) is 5.03. The number of carbonyl (C=O) groups is 2. The molecule has 0 bridgehead atoms. The van der Waals surface area contributed by atoms with Gasteiger partial charge in [0.05, 0.1) is 17.2 Å². The molecule has 2 amide bonds. The van der Waals surface area contributed by atoms with Crippen LogP contribution in [-0.4, -0.2) is 23.3 Å². The maximum Gasteiger partial charge on any atom is 0.262 e. The molecular formula is C17H16N2O2. The molecule has 3 rings (SSSR count). The van der Waals surface area contributed by atoms with Gasteiger partial charge in [-0.05, 0) is 30.7 Å². The Bertz CT molecular complexity index is 647. The molecule has 0 saturated heterocycles. The van der Waals surface area contributed by atoms with Gasteiger partial charge in [0, 0.05) is 0 Å². The zero-order valence-electron chi connectivity index (χ0n) is 11.5. The smallest absolute Gasteiger partial charge is 0.262 e. The number of amides is 2. The van der Waals surface area contributed by atoms with Crippen LogP contribution in [0.2, 0.25) is 0 Å². The van der Waals surface area contributed by atoms with E-state index >= 15 is 0 Å². The molecule has 0 aromatic heterocycles. The molecule has 1 atom stereocenters. The lowest BCUT2D eigenvalue weighted by Gasteiger charge is -2.26. The van der Waals surface area contributed by atoms with Gasteiger partial charge in [-0.25, -0.2) is 0 Å². The third kappa shape index (κ3) is 2.23. The topological polar surface area (TPSA) is 63.4 Å². The van der Waals surface area contributed by atoms with Crippen molar-refractivity contribution < 1.29 is 9.59 Å². The van der Waals surface area contributed by atoms with Crippen LogP contribution in [0.4, 0.5) is 0 Å². The highest BCUT2D eigenvalue weighted by molar-refractivity contribution is 6.21. The number of imide groups is 1. The fourth-order valence-corrected chi connectivity index (χ4v) is 2.77. The number of fused-ring (bicyclic) bond motifs is 1. The number of hydrogen-bond acceptors (Lipinski definition) is 3. The summed E-state index contributed by atoms with van der Waals surface area (Å²) in [6.45, 7) is 0.410. The second-order valence-electron chi connectivity index (χ2n) is 5.03. The van der Waals surface area contributed by atoms with Crippen LogP contribution in [0.5, 0.6) is 0 Å². The van der Waals surface area contributed by atoms with Crippen molar-refractivity contribution in [2.45, 2.75) is 12.5 Å². The van der Waals surface area contributed by atoms with Gasteiger partial charge in [-0.3, -0.25) is 14.5 Å². The molecule has 21 heavy (non-hydrogen) atoms. The zero-order valence-corrected chi connectivity index (χ0v) is 11.5. The average molecular weight is 280 g/mol. The van der Waals surface area contributed by atoms with Gasteiger partial charge in [-0.2, -0.15) is 0 Å². The van der Waals surface area contributed by atoms with Crippen molar-refractivity contribution in [1.29, 1.82) is 0 Å². The normalized spacial score (nSPS) is 15.2. The first-order chi connectivity index (χ1) is 10.2. The highest BCUT2D eigenvalue weighted by Crippen LogP contribution is 2.32. The van der Waals surface area contributed by atoms with E-state index < -0.39 is 0 Å². The number of nitrogens with two attached hydrogens (primary N) is 1. The summed E-state index contributed by atoms with van der Waals surface area (Å²) in [5.74, 6) is -0.476. The number of nitrogens with zero attached hydrogens (tertiary/aromatic N) is 1. The van der Waals surface area contributed by atoms with Crippen LogP contribution in [-0.2, 0) is 0 Å². The van der Waals surface area contributed by atoms with Crippen LogP contribution >= 0.6 is 0 Å². The summed E-state index contributed by atoms with van der Waals surface area (Å²) < 4.78 is 0. The van der Waals surface area contributed by atoms with E-state index in [2.05, 4.69) is 0 Å². The highest BCUT2D eigenvalue weighted by atomic mass is 16.2.